The summed E-state index contributed by atoms with van der Waals surface area (Å²) in [7, 11) is 0. The number of aryl methyl sites for hydroxylation is 1. The molecule has 100 valence electrons. The summed E-state index contributed by atoms with van der Waals surface area (Å²) in [5.41, 5.74) is 3.10. The van der Waals surface area contributed by atoms with E-state index in [-0.39, 0.29) is 5.82 Å². The summed E-state index contributed by atoms with van der Waals surface area (Å²) in [5.74, 6) is 0.0859. The lowest BCUT2D eigenvalue weighted by Gasteiger charge is -2.14. The molecule has 0 saturated heterocycles. The van der Waals surface area contributed by atoms with E-state index in [0.29, 0.717) is 17.0 Å². The molecule has 0 bridgehead atoms. The lowest BCUT2D eigenvalue weighted by Crippen LogP contribution is -2.03. The second-order valence-electron chi connectivity index (χ2n) is 5.25. The van der Waals surface area contributed by atoms with Gasteiger partial charge in [-0.05, 0) is 35.6 Å². The molecule has 0 fully saturated rings. The van der Waals surface area contributed by atoms with E-state index >= 15 is 0 Å². The molecule has 2 heteroatoms. The minimum Gasteiger partial charge on any atom is -0.384 e. The Morgan fingerprint density at radius 3 is 2.05 bits per heavy atom. The molecule has 0 spiro atoms. The fourth-order valence-electron chi connectivity index (χ4n) is 2.10. The molecule has 0 aliphatic rings. The maximum Gasteiger partial charge on any atom is 0.129 e. The average molecular weight is 258 g/mol. The molecule has 0 aliphatic carbocycles. The molecule has 0 radical (unpaired) electrons. The van der Waals surface area contributed by atoms with Crippen LogP contribution < -0.4 is 0 Å². The first-order valence-corrected chi connectivity index (χ1v) is 6.53. The summed E-state index contributed by atoms with van der Waals surface area (Å²) in [6.07, 6.45) is -0.915. The van der Waals surface area contributed by atoms with Crippen molar-refractivity contribution in [1.82, 2.24) is 0 Å². The van der Waals surface area contributed by atoms with Crippen LogP contribution in [0.15, 0.2) is 42.5 Å². The topological polar surface area (TPSA) is 20.2 Å². The summed E-state index contributed by atoms with van der Waals surface area (Å²) >= 11 is 0. The molecule has 1 atom stereocenters. The second-order valence-corrected chi connectivity index (χ2v) is 5.25. The van der Waals surface area contributed by atoms with Gasteiger partial charge in [-0.1, -0.05) is 50.2 Å². The smallest absolute Gasteiger partial charge is 0.129 e. The van der Waals surface area contributed by atoms with Crippen LogP contribution >= 0.6 is 0 Å². The predicted molar refractivity (Wildman–Crippen MR) is 75.7 cm³/mol. The van der Waals surface area contributed by atoms with Crippen LogP contribution in [0, 0.1) is 12.7 Å². The first kappa shape index (κ1) is 13.8. The number of hydrogen-bond acceptors (Lipinski definition) is 1. The predicted octanol–water partition coefficient (Wildman–Crippen LogP) is 4.34. The number of aliphatic hydroxyl groups excluding tert-OH is 1. The Bertz CT molecular complexity index is 558. The second kappa shape index (κ2) is 5.54. The molecule has 2 aromatic rings. The van der Waals surface area contributed by atoms with Crippen LogP contribution in [0.5, 0.6) is 0 Å². The minimum absolute atomic E-state index is 0.322. The molecule has 1 nitrogen and oxygen atoms in total. The Labute approximate surface area is 113 Å². The van der Waals surface area contributed by atoms with E-state index in [1.165, 1.54) is 11.6 Å². The minimum atomic E-state index is -0.915. The molecule has 0 saturated carbocycles. The van der Waals surface area contributed by atoms with E-state index in [9.17, 15) is 9.50 Å². The number of aliphatic hydroxyl groups is 1. The van der Waals surface area contributed by atoms with Crippen molar-refractivity contribution in [1.29, 1.82) is 0 Å². The van der Waals surface area contributed by atoms with E-state index in [1.807, 2.05) is 37.3 Å². The highest BCUT2D eigenvalue weighted by Crippen LogP contribution is 2.26. The highest BCUT2D eigenvalue weighted by atomic mass is 19.1. The molecule has 0 heterocycles. The monoisotopic (exact) mass is 258 g/mol. The molecule has 1 unspecified atom stereocenters. The van der Waals surface area contributed by atoms with Crippen molar-refractivity contribution in [2.75, 3.05) is 0 Å². The quantitative estimate of drug-likeness (QED) is 0.868. The number of rotatable bonds is 3. The number of hydrogen-bond donors (Lipinski definition) is 1. The molecule has 19 heavy (non-hydrogen) atoms. The van der Waals surface area contributed by atoms with Gasteiger partial charge in [0.25, 0.3) is 0 Å². The maximum atomic E-state index is 13.8. The van der Waals surface area contributed by atoms with Crippen molar-refractivity contribution in [3.05, 3.63) is 70.5 Å². The Balaban J connectivity index is 2.30. The highest BCUT2D eigenvalue weighted by molar-refractivity contribution is 5.34. The fraction of sp³-hybridized carbons (Fsp3) is 0.294. The molecule has 0 aromatic heterocycles. The molecule has 2 rings (SSSR count). The van der Waals surface area contributed by atoms with Crippen LogP contribution in [-0.2, 0) is 0 Å². The zero-order valence-corrected chi connectivity index (χ0v) is 11.5. The lowest BCUT2D eigenvalue weighted by molar-refractivity contribution is 0.215. The van der Waals surface area contributed by atoms with Gasteiger partial charge in [-0.2, -0.15) is 0 Å². The van der Waals surface area contributed by atoms with Crippen molar-refractivity contribution in [2.45, 2.75) is 32.8 Å². The van der Waals surface area contributed by atoms with Gasteiger partial charge in [0.2, 0.25) is 0 Å². The lowest BCUT2D eigenvalue weighted by atomic mass is 9.96. The molecular weight excluding hydrogens is 239 g/mol. The number of benzene rings is 2. The van der Waals surface area contributed by atoms with Crippen molar-refractivity contribution in [3.8, 4) is 0 Å². The van der Waals surface area contributed by atoms with Crippen molar-refractivity contribution < 1.29 is 9.50 Å². The van der Waals surface area contributed by atoms with Crippen molar-refractivity contribution in [2.24, 2.45) is 0 Å². The SMILES string of the molecule is Cc1ccc(C(O)c2ccc(C(C)C)cc2)c(F)c1. The maximum absolute atomic E-state index is 13.8. The molecular formula is C17H19FO. The summed E-state index contributed by atoms with van der Waals surface area (Å²) in [6, 6.07) is 12.6. The Morgan fingerprint density at radius 2 is 1.53 bits per heavy atom. The summed E-state index contributed by atoms with van der Waals surface area (Å²) in [6.45, 7) is 6.06. The zero-order valence-electron chi connectivity index (χ0n) is 11.5. The van der Waals surface area contributed by atoms with Gasteiger partial charge in [0.15, 0.2) is 0 Å². The molecule has 0 amide bonds. The average Bonchev–Trinajstić information content (AvgIpc) is 2.38. The number of halogens is 1. The van der Waals surface area contributed by atoms with Gasteiger partial charge in [0.05, 0.1) is 0 Å². The van der Waals surface area contributed by atoms with Crippen LogP contribution in [0.4, 0.5) is 4.39 Å². The third kappa shape index (κ3) is 3.02. The van der Waals surface area contributed by atoms with E-state index in [4.69, 9.17) is 0 Å². The van der Waals surface area contributed by atoms with Crippen molar-refractivity contribution >= 4 is 0 Å². The zero-order chi connectivity index (χ0) is 14.0. The van der Waals surface area contributed by atoms with Crippen molar-refractivity contribution in [3.63, 3.8) is 0 Å². The van der Waals surface area contributed by atoms with E-state index < -0.39 is 6.10 Å². The van der Waals surface area contributed by atoms with Crippen LogP contribution in [0.1, 0.15) is 48.1 Å². The van der Waals surface area contributed by atoms with Gasteiger partial charge in [-0.15, -0.1) is 0 Å². The van der Waals surface area contributed by atoms with E-state index in [0.717, 1.165) is 5.56 Å². The van der Waals surface area contributed by atoms with Gasteiger partial charge < -0.3 is 5.11 Å². The highest BCUT2D eigenvalue weighted by Gasteiger charge is 2.15. The Hall–Kier alpha value is -1.67. The van der Waals surface area contributed by atoms with Crippen LogP contribution in [0.2, 0.25) is 0 Å². The van der Waals surface area contributed by atoms with Gasteiger partial charge in [0.1, 0.15) is 11.9 Å². The fourth-order valence-corrected chi connectivity index (χ4v) is 2.10. The van der Waals surface area contributed by atoms with Gasteiger partial charge >= 0.3 is 0 Å². The summed E-state index contributed by atoms with van der Waals surface area (Å²) in [5, 5.41) is 10.3. The van der Waals surface area contributed by atoms with Crippen LogP contribution in [0.25, 0.3) is 0 Å². The van der Waals surface area contributed by atoms with E-state index in [1.54, 1.807) is 6.07 Å². The first-order chi connectivity index (χ1) is 8.99. The van der Waals surface area contributed by atoms with Gasteiger partial charge in [0, 0.05) is 5.56 Å². The summed E-state index contributed by atoms with van der Waals surface area (Å²) < 4.78 is 13.8. The first-order valence-electron chi connectivity index (χ1n) is 6.53. The van der Waals surface area contributed by atoms with Gasteiger partial charge in [-0.25, -0.2) is 4.39 Å². The third-order valence-electron chi connectivity index (χ3n) is 3.37. The normalized spacial score (nSPS) is 12.7. The van der Waals surface area contributed by atoms with Crippen LogP contribution in [0.3, 0.4) is 0 Å². The Morgan fingerprint density at radius 1 is 0.947 bits per heavy atom. The largest absolute Gasteiger partial charge is 0.384 e. The molecule has 2 aromatic carbocycles. The third-order valence-corrected chi connectivity index (χ3v) is 3.37. The van der Waals surface area contributed by atoms with Gasteiger partial charge in [-0.3, -0.25) is 0 Å². The Kier molecular flexibility index (Phi) is 4.01. The standard InChI is InChI=1S/C17H19FO/c1-11(2)13-5-7-14(8-6-13)17(19)15-9-4-12(3)10-16(15)18/h4-11,17,19H,1-3H3. The molecule has 0 aliphatic heterocycles. The van der Waals surface area contributed by atoms with Crippen LogP contribution in [-0.4, -0.2) is 5.11 Å². The van der Waals surface area contributed by atoms with E-state index in [2.05, 4.69) is 13.8 Å². The summed E-state index contributed by atoms with van der Waals surface area (Å²) in [4.78, 5) is 0. The molecule has 1 N–H and O–H groups in total.